The molecule has 16 heavy (non-hydrogen) atoms. The van der Waals surface area contributed by atoms with Gasteiger partial charge in [-0.05, 0) is 33.7 Å². The number of nitrogens with zero attached hydrogens (tertiary/aromatic N) is 2. The average molecular weight is 225 g/mol. The van der Waals surface area contributed by atoms with E-state index in [0.717, 1.165) is 25.7 Å². The van der Waals surface area contributed by atoms with Gasteiger partial charge in [0.2, 0.25) is 0 Å². The van der Waals surface area contributed by atoms with Crippen molar-refractivity contribution in [2.24, 2.45) is 5.73 Å². The number of hydrogen-bond acceptors (Lipinski definition) is 3. The minimum Gasteiger partial charge on any atom is -0.329 e. The summed E-state index contributed by atoms with van der Waals surface area (Å²) in [5.74, 6) is 0. The lowest BCUT2D eigenvalue weighted by Crippen LogP contribution is -2.65. The molecule has 2 N–H and O–H groups in total. The third-order valence-corrected chi connectivity index (χ3v) is 4.48. The van der Waals surface area contributed by atoms with Crippen molar-refractivity contribution >= 4 is 0 Å². The van der Waals surface area contributed by atoms with E-state index in [9.17, 15) is 0 Å². The van der Waals surface area contributed by atoms with Crippen LogP contribution in [0.2, 0.25) is 0 Å². The van der Waals surface area contributed by atoms with Crippen LogP contribution < -0.4 is 5.73 Å². The van der Waals surface area contributed by atoms with Crippen LogP contribution in [0.1, 0.15) is 39.5 Å². The maximum atomic E-state index is 5.87. The van der Waals surface area contributed by atoms with Crippen LogP contribution in [0, 0.1) is 0 Å². The molecule has 3 nitrogen and oxygen atoms in total. The Balaban J connectivity index is 2.08. The van der Waals surface area contributed by atoms with E-state index in [0.29, 0.717) is 11.6 Å². The van der Waals surface area contributed by atoms with Crippen LogP contribution in [-0.2, 0) is 0 Å². The summed E-state index contributed by atoms with van der Waals surface area (Å²) in [6.07, 6.45) is 5.62. The lowest BCUT2D eigenvalue weighted by atomic mass is 9.93. The molecular weight excluding hydrogens is 198 g/mol. The Labute approximate surface area is 100.0 Å². The molecule has 0 bridgehead atoms. The van der Waals surface area contributed by atoms with Crippen molar-refractivity contribution < 1.29 is 0 Å². The quantitative estimate of drug-likeness (QED) is 0.768. The first kappa shape index (κ1) is 12.3. The van der Waals surface area contributed by atoms with Crippen LogP contribution in [-0.4, -0.2) is 54.1 Å². The van der Waals surface area contributed by atoms with Gasteiger partial charge in [0.05, 0.1) is 0 Å². The zero-order valence-electron chi connectivity index (χ0n) is 11.1. The Morgan fingerprint density at radius 3 is 2.44 bits per heavy atom. The molecule has 0 aromatic rings. The predicted molar refractivity (Wildman–Crippen MR) is 68.5 cm³/mol. The second kappa shape index (κ2) is 4.63. The number of hydrogen-bond donors (Lipinski definition) is 1. The van der Waals surface area contributed by atoms with Crippen molar-refractivity contribution in [1.82, 2.24) is 9.80 Å². The fraction of sp³-hybridized carbons (Fsp3) is 1.00. The van der Waals surface area contributed by atoms with Gasteiger partial charge in [0.1, 0.15) is 0 Å². The van der Waals surface area contributed by atoms with Crippen molar-refractivity contribution in [3.8, 4) is 0 Å². The Morgan fingerprint density at radius 1 is 1.25 bits per heavy atom. The largest absolute Gasteiger partial charge is 0.329 e. The van der Waals surface area contributed by atoms with Gasteiger partial charge in [0.25, 0.3) is 0 Å². The lowest BCUT2D eigenvalue weighted by molar-refractivity contribution is -0.0287. The van der Waals surface area contributed by atoms with Crippen molar-refractivity contribution in [2.75, 3.05) is 26.7 Å². The maximum absolute atomic E-state index is 5.87. The third kappa shape index (κ3) is 2.27. The first-order valence-corrected chi connectivity index (χ1v) is 6.71. The van der Waals surface area contributed by atoms with Crippen molar-refractivity contribution in [3.05, 3.63) is 0 Å². The molecule has 1 unspecified atom stereocenters. The van der Waals surface area contributed by atoms with Crippen molar-refractivity contribution in [1.29, 1.82) is 0 Å². The number of piperazine rings is 1. The van der Waals surface area contributed by atoms with Gasteiger partial charge in [-0.3, -0.25) is 9.80 Å². The molecule has 1 heterocycles. The van der Waals surface area contributed by atoms with Crippen LogP contribution in [0.25, 0.3) is 0 Å². The SMILES string of the molecule is CN1CC(C)(C)N(C2CCCC2)CC1CN. The second-order valence-electron chi connectivity index (χ2n) is 6.21. The summed E-state index contributed by atoms with van der Waals surface area (Å²) in [5.41, 5.74) is 6.19. The van der Waals surface area contributed by atoms with Crippen LogP contribution in [0.15, 0.2) is 0 Å². The highest BCUT2D eigenvalue weighted by Gasteiger charge is 2.40. The van der Waals surface area contributed by atoms with E-state index in [-0.39, 0.29) is 0 Å². The predicted octanol–water partition coefficient (Wildman–Crippen LogP) is 1.28. The highest BCUT2D eigenvalue weighted by molar-refractivity contribution is 4.97. The zero-order chi connectivity index (χ0) is 11.8. The fourth-order valence-electron chi connectivity index (χ4n) is 3.56. The third-order valence-electron chi connectivity index (χ3n) is 4.48. The van der Waals surface area contributed by atoms with Gasteiger partial charge in [-0.25, -0.2) is 0 Å². The van der Waals surface area contributed by atoms with E-state index in [4.69, 9.17) is 5.73 Å². The van der Waals surface area contributed by atoms with Gasteiger partial charge >= 0.3 is 0 Å². The molecule has 1 aliphatic carbocycles. The molecule has 1 saturated heterocycles. The molecule has 1 aliphatic heterocycles. The lowest BCUT2D eigenvalue weighted by Gasteiger charge is -2.52. The Bertz CT molecular complexity index is 233. The highest BCUT2D eigenvalue weighted by Crippen LogP contribution is 2.32. The molecule has 2 rings (SSSR count). The van der Waals surface area contributed by atoms with Crippen LogP contribution in [0.5, 0.6) is 0 Å². The topological polar surface area (TPSA) is 32.5 Å². The second-order valence-corrected chi connectivity index (χ2v) is 6.21. The number of nitrogens with two attached hydrogens (primary N) is 1. The van der Waals surface area contributed by atoms with E-state index in [1.807, 2.05) is 0 Å². The molecule has 1 saturated carbocycles. The molecule has 0 radical (unpaired) electrons. The number of likely N-dealkylation sites (N-methyl/N-ethyl adjacent to an activating group) is 1. The molecule has 1 atom stereocenters. The average Bonchev–Trinajstić information content (AvgIpc) is 2.69. The minimum absolute atomic E-state index is 0.315. The van der Waals surface area contributed by atoms with E-state index in [2.05, 4.69) is 30.7 Å². The molecule has 0 aromatic carbocycles. The maximum Gasteiger partial charge on any atom is 0.0343 e. The summed E-state index contributed by atoms with van der Waals surface area (Å²) in [5, 5.41) is 0. The Hall–Kier alpha value is -0.120. The molecule has 2 fully saturated rings. The monoisotopic (exact) mass is 225 g/mol. The minimum atomic E-state index is 0.315. The van der Waals surface area contributed by atoms with Crippen molar-refractivity contribution in [3.63, 3.8) is 0 Å². The molecule has 94 valence electrons. The Morgan fingerprint density at radius 2 is 1.88 bits per heavy atom. The summed E-state index contributed by atoms with van der Waals surface area (Å²) in [7, 11) is 2.21. The summed E-state index contributed by atoms with van der Waals surface area (Å²) in [6, 6.07) is 1.37. The molecule has 0 aromatic heterocycles. The van der Waals surface area contributed by atoms with Gasteiger partial charge in [-0.2, -0.15) is 0 Å². The first-order chi connectivity index (χ1) is 7.54. The molecule has 0 spiro atoms. The fourth-order valence-corrected chi connectivity index (χ4v) is 3.56. The van der Waals surface area contributed by atoms with E-state index >= 15 is 0 Å². The molecule has 3 heteroatoms. The number of rotatable bonds is 2. The summed E-state index contributed by atoms with van der Waals surface area (Å²) < 4.78 is 0. The van der Waals surface area contributed by atoms with Gasteiger partial charge in [0.15, 0.2) is 0 Å². The summed E-state index contributed by atoms with van der Waals surface area (Å²) in [6.45, 7) is 7.86. The highest BCUT2D eigenvalue weighted by atomic mass is 15.3. The van der Waals surface area contributed by atoms with Crippen LogP contribution in [0.3, 0.4) is 0 Å². The van der Waals surface area contributed by atoms with Gasteiger partial charge < -0.3 is 5.73 Å². The summed E-state index contributed by atoms with van der Waals surface area (Å²) in [4.78, 5) is 5.17. The van der Waals surface area contributed by atoms with Gasteiger partial charge in [-0.1, -0.05) is 12.8 Å². The van der Waals surface area contributed by atoms with Gasteiger partial charge in [0, 0.05) is 37.3 Å². The first-order valence-electron chi connectivity index (χ1n) is 6.71. The van der Waals surface area contributed by atoms with E-state index < -0.39 is 0 Å². The molecule has 2 aliphatic rings. The van der Waals surface area contributed by atoms with Crippen LogP contribution in [0.4, 0.5) is 0 Å². The van der Waals surface area contributed by atoms with Gasteiger partial charge in [-0.15, -0.1) is 0 Å². The van der Waals surface area contributed by atoms with Crippen LogP contribution >= 0.6 is 0 Å². The summed E-state index contributed by atoms with van der Waals surface area (Å²) >= 11 is 0. The normalized spacial score (nSPS) is 33.4. The van der Waals surface area contributed by atoms with E-state index in [1.54, 1.807) is 0 Å². The standard InChI is InChI=1S/C13H27N3/c1-13(2)10-15(3)12(8-14)9-16(13)11-6-4-5-7-11/h11-12H,4-10,14H2,1-3H3. The van der Waals surface area contributed by atoms with E-state index in [1.165, 1.54) is 25.7 Å². The Kier molecular flexibility index (Phi) is 3.57. The van der Waals surface area contributed by atoms with Crippen molar-refractivity contribution in [2.45, 2.75) is 57.2 Å². The molecular formula is C13H27N3. The smallest absolute Gasteiger partial charge is 0.0343 e. The zero-order valence-corrected chi connectivity index (χ0v) is 11.1. The molecule has 0 amide bonds.